The predicted molar refractivity (Wildman–Crippen MR) is 145 cm³/mol. The summed E-state index contributed by atoms with van der Waals surface area (Å²) in [5.74, 6) is 1.39. The van der Waals surface area contributed by atoms with Gasteiger partial charge in [0.15, 0.2) is 0 Å². The first-order valence-corrected chi connectivity index (χ1v) is 14.8. The molecular formula is C25H27AsBrClN4O3. The first-order valence-electron chi connectivity index (χ1n) is 11.5. The van der Waals surface area contributed by atoms with Crippen molar-refractivity contribution in [1.29, 1.82) is 0 Å². The number of likely N-dealkylation sites (N-methyl/N-ethyl adjacent to an activating group) is 1. The summed E-state index contributed by atoms with van der Waals surface area (Å²) < 4.78 is 20.5. The number of aromatic nitrogens is 2. The van der Waals surface area contributed by atoms with Gasteiger partial charge in [-0.2, -0.15) is 0 Å². The molecule has 0 bridgehead atoms. The molecule has 5 rings (SSSR count). The van der Waals surface area contributed by atoms with E-state index in [4.69, 9.17) is 25.5 Å². The van der Waals surface area contributed by atoms with Gasteiger partial charge >= 0.3 is 213 Å². The zero-order chi connectivity index (χ0) is 24.4. The fourth-order valence-electron chi connectivity index (χ4n) is 4.26. The van der Waals surface area contributed by atoms with E-state index in [0.29, 0.717) is 23.1 Å². The standard InChI is InChI=1S/C25H27AsBrClN4O3/c1-31-7-9-32(10-8-31)6-3-11-34-22-13-20-17(12-21(22)33-2)25(30-15-29-20)26-23-19(28)5-4-16-18(27)14-35-24(16)23/h4-5,12-15,26H,3,6-11H2,1-2H3. The maximum atomic E-state index is 6.59. The summed E-state index contributed by atoms with van der Waals surface area (Å²) in [6.45, 7) is 6.15. The summed E-state index contributed by atoms with van der Waals surface area (Å²) in [5, 5.41) is 2.66. The van der Waals surface area contributed by atoms with Crippen molar-refractivity contribution < 1.29 is 13.9 Å². The molecule has 1 unspecified atom stereocenters. The molecule has 1 atom stereocenters. The van der Waals surface area contributed by atoms with Crippen LogP contribution in [0, 0.1) is 0 Å². The van der Waals surface area contributed by atoms with Crippen molar-refractivity contribution in [2.24, 2.45) is 0 Å². The van der Waals surface area contributed by atoms with E-state index in [1.54, 1.807) is 19.7 Å². The Morgan fingerprint density at radius 3 is 2.74 bits per heavy atom. The van der Waals surface area contributed by atoms with Gasteiger partial charge in [-0.15, -0.1) is 0 Å². The van der Waals surface area contributed by atoms with Crippen LogP contribution in [0.25, 0.3) is 21.9 Å². The van der Waals surface area contributed by atoms with Crippen molar-refractivity contribution in [3.05, 3.63) is 46.4 Å². The Kier molecular flexibility index (Phi) is 7.85. The number of rotatable bonds is 8. The molecule has 7 nitrogen and oxygen atoms in total. The number of methoxy groups -OCH3 is 1. The average Bonchev–Trinajstić information content (AvgIpc) is 3.25. The Morgan fingerprint density at radius 2 is 1.94 bits per heavy atom. The van der Waals surface area contributed by atoms with Crippen LogP contribution in [0.2, 0.25) is 5.02 Å². The fourth-order valence-corrected chi connectivity index (χ4v) is 7.58. The molecule has 0 N–H and O–H groups in total. The quantitative estimate of drug-likeness (QED) is 0.221. The van der Waals surface area contributed by atoms with E-state index in [2.05, 4.69) is 42.7 Å². The second-order valence-corrected chi connectivity index (χ2v) is 12.4. The van der Waals surface area contributed by atoms with Crippen LogP contribution in [-0.4, -0.2) is 89.0 Å². The molecule has 2 aromatic carbocycles. The van der Waals surface area contributed by atoms with Crippen molar-refractivity contribution in [2.75, 3.05) is 53.5 Å². The van der Waals surface area contributed by atoms with Gasteiger partial charge in [-0.05, 0) is 7.05 Å². The van der Waals surface area contributed by atoms with E-state index < -0.39 is 15.8 Å². The Labute approximate surface area is 224 Å². The molecule has 1 aliphatic rings. The van der Waals surface area contributed by atoms with Gasteiger partial charge in [-0.3, -0.25) is 0 Å². The minimum absolute atomic E-state index is 0.630. The summed E-state index contributed by atoms with van der Waals surface area (Å²) in [5.41, 5.74) is 1.64. The van der Waals surface area contributed by atoms with Crippen LogP contribution < -0.4 is 18.3 Å². The molecule has 184 valence electrons. The molecule has 1 fully saturated rings. The number of ether oxygens (including phenoxy) is 2. The molecule has 0 spiro atoms. The molecule has 0 saturated carbocycles. The van der Waals surface area contributed by atoms with E-state index in [9.17, 15) is 0 Å². The molecule has 1 saturated heterocycles. The SMILES string of the molecule is COc1cc2c([AsH]c3c(Cl)ccc4c(Br)coc34)ncnc2cc1OCCCN1CCN(C)CC1. The fraction of sp³-hybridized carbons (Fsp3) is 0.360. The summed E-state index contributed by atoms with van der Waals surface area (Å²) in [6.07, 6.45) is 4.27. The molecule has 10 heteroatoms. The van der Waals surface area contributed by atoms with Gasteiger partial charge in [0.05, 0.1) is 0 Å². The van der Waals surface area contributed by atoms with Crippen LogP contribution in [0.4, 0.5) is 0 Å². The third-order valence-electron chi connectivity index (χ3n) is 6.28. The topological polar surface area (TPSA) is 63.9 Å². The van der Waals surface area contributed by atoms with Gasteiger partial charge in [-0.25, -0.2) is 0 Å². The molecule has 0 radical (unpaired) electrons. The van der Waals surface area contributed by atoms with Gasteiger partial charge in [0.25, 0.3) is 0 Å². The van der Waals surface area contributed by atoms with E-state index in [1.807, 2.05) is 24.3 Å². The van der Waals surface area contributed by atoms with Gasteiger partial charge in [0.2, 0.25) is 0 Å². The summed E-state index contributed by atoms with van der Waals surface area (Å²) in [4.78, 5) is 14.0. The van der Waals surface area contributed by atoms with E-state index in [-0.39, 0.29) is 0 Å². The van der Waals surface area contributed by atoms with Crippen molar-refractivity contribution in [3.63, 3.8) is 0 Å². The molecule has 1 aliphatic heterocycles. The van der Waals surface area contributed by atoms with Crippen molar-refractivity contribution in [1.82, 2.24) is 19.8 Å². The van der Waals surface area contributed by atoms with Crippen LogP contribution in [0.5, 0.6) is 11.5 Å². The number of nitrogens with zero attached hydrogens (tertiary/aromatic N) is 4. The molecular weight excluding hydrogens is 595 g/mol. The molecule has 0 amide bonds. The molecule has 2 aromatic heterocycles. The van der Waals surface area contributed by atoms with Gasteiger partial charge < -0.3 is 4.90 Å². The minimum atomic E-state index is -0.910. The van der Waals surface area contributed by atoms with Crippen molar-refractivity contribution in [3.8, 4) is 11.5 Å². The Morgan fingerprint density at radius 1 is 1.11 bits per heavy atom. The van der Waals surface area contributed by atoms with Crippen LogP contribution in [0.1, 0.15) is 6.42 Å². The van der Waals surface area contributed by atoms with Crippen LogP contribution in [0.15, 0.2) is 45.7 Å². The third kappa shape index (κ3) is 5.47. The van der Waals surface area contributed by atoms with Gasteiger partial charge in [0.1, 0.15) is 0 Å². The molecule has 0 aliphatic carbocycles. The zero-order valence-electron chi connectivity index (χ0n) is 19.7. The number of fused-ring (bicyclic) bond motifs is 2. The van der Waals surface area contributed by atoms with E-state index in [0.717, 1.165) is 74.3 Å². The first kappa shape index (κ1) is 24.8. The van der Waals surface area contributed by atoms with Crippen molar-refractivity contribution in [2.45, 2.75) is 6.42 Å². The summed E-state index contributed by atoms with van der Waals surface area (Å²) in [7, 11) is 3.84. The Bertz CT molecular complexity index is 1340. The Balaban J connectivity index is 1.35. The van der Waals surface area contributed by atoms with Gasteiger partial charge in [-0.1, -0.05) is 0 Å². The van der Waals surface area contributed by atoms with Gasteiger partial charge in [0, 0.05) is 0 Å². The predicted octanol–water partition coefficient (Wildman–Crippen LogP) is 3.20. The average molecular weight is 622 g/mol. The van der Waals surface area contributed by atoms with E-state index in [1.165, 1.54) is 0 Å². The second kappa shape index (κ2) is 11.1. The third-order valence-corrected chi connectivity index (χ3v) is 10.4. The number of furan rings is 1. The maximum absolute atomic E-state index is 6.59. The van der Waals surface area contributed by atoms with Crippen molar-refractivity contribution >= 4 is 74.0 Å². The van der Waals surface area contributed by atoms with E-state index >= 15 is 0 Å². The molecule has 35 heavy (non-hydrogen) atoms. The zero-order valence-corrected chi connectivity index (χ0v) is 24.1. The number of hydrogen-bond acceptors (Lipinski definition) is 7. The number of halogens is 2. The first-order chi connectivity index (χ1) is 17.0. The molecule has 4 aromatic rings. The molecule has 3 heterocycles. The number of hydrogen-bond donors (Lipinski definition) is 0. The summed E-state index contributed by atoms with van der Waals surface area (Å²) >= 11 is 9.23. The summed E-state index contributed by atoms with van der Waals surface area (Å²) in [6, 6.07) is 7.82. The van der Waals surface area contributed by atoms with Crippen LogP contribution in [-0.2, 0) is 0 Å². The Hall–Kier alpha value is -1.83. The monoisotopic (exact) mass is 620 g/mol. The normalized spacial score (nSPS) is 15.5. The van der Waals surface area contributed by atoms with Crippen LogP contribution >= 0.6 is 27.5 Å². The number of benzene rings is 2. The second-order valence-electron chi connectivity index (χ2n) is 8.60. The van der Waals surface area contributed by atoms with Crippen LogP contribution in [0.3, 0.4) is 0 Å². The number of piperazine rings is 1.